The quantitative estimate of drug-likeness (QED) is 0.737. The lowest BCUT2D eigenvalue weighted by atomic mass is 10.0. The largest absolute Gasteiger partial charge is 0.355 e. The third-order valence-corrected chi connectivity index (χ3v) is 5.20. The SMILES string of the molecule is CCCNC(=O)CSc1c(CC(C)C)cnc2c1c(=O)n(C)c(=O)n2C. The minimum Gasteiger partial charge on any atom is -0.355 e. The Labute approximate surface area is 156 Å². The van der Waals surface area contributed by atoms with Crippen LogP contribution >= 0.6 is 11.8 Å². The van der Waals surface area contributed by atoms with Crippen LogP contribution < -0.4 is 16.6 Å². The van der Waals surface area contributed by atoms with E-state index < -0.39 is 5.69 Å². The summed E-state index contributed by atoms with van der Waals surface area (Å²) in [6.07, 6.45) is 3.33. The van der Waals surface area contributed by atoms with Gasteiger partial charge in [0.25, 0.3) is 5.56 Å². The number of hydrogen-bond acceptors (Lipinski definition) is 5. The van der Waals surface area contributed by atoms with Crippen LogP contribution in [-0.4, -0.2) is 32.3 Å². The van der Waals surface area contributed by atoms with Crippen LogP contribution in [0.4, 0.5) is 0 Å². The molecule has 2 rings (SSSR count). The van der Waals surface area contributed by atoms with Gasteiger partial charge in [-0.3, -0.25) is 18.7 Å². The fraction of sp³-hybridized carbons (Fsp3) is 0.556. The van der Waals surface area contributed by atoms with Gasteiger partial charge in [-0.05, 0) is 24.3 Å². The summed E-state index contributed by atoms with van der Waals surface area (Å²) in [6, 6.07) is 0. The summed E-state index contributed by atoms with van der Waals surface area (Å²) in [4.78, 5) is 42.1. The maximum absolute atomic E-state index is 12.8. The molecule has 0 atom stereocenters. The van der Waals surface area contributed by atoms with Gasteiger partial charge >= 0.3 is 5.69 Å². The van der Waals surface area contributed by atoms with E-state index in [0.29, 0.717) is 23.5 Å². The first-order chi connectivity index (χ1) is 12.3. The molecule has 0 saturated carbocycles. The molecule has 0 aliphatic rings. The van der Waals surface area contributed by atoms with Gasteiger partial charge in [-0.1, -0.05) is 20.8 Å². The Morgan fingerprint density at radius 2 is 1.96 bits per heavy atom. The molecule has 142 valence electrons. The number of pyridine rings is 1. The number of fused-ring (bicyclic) bond motifs is 1. The van der Waals surface area contributed by atoms with Crippen LogP contribution in [0, 0.1) is 5.92 Å². The van der Waals surface area contributed by atoms with Crippen LogP contribution in [0.25, 0.3) is 11.0 Å². The highest BCUT2D eigenvalue weighted by atomic mass is 32.2. The number of aryl methyl sites for hydroxylation is 1. The van der Waals surface area contributed by atoms with Crippen LogP contribution in [0.5, 0.6) is 0 Å². The monoisotopic (exact) mass is 378 g/mol. The summed E-state index contributed by atoms with van der Waals surface area (Å²) in [6.45, 7) is 6.80. The highest BCUT2D eigenvalue weighted by Gasteiger charge is 2.19. The second kappa shape index (κ2) is 8.53. The first kappa shape index (κ1) is 20.2. The van der Waals surface area contributed by atoms with Crippen LogP contribution in [-0.2, 0) is 25.3 Å². The number of amides is 1. The molecule has 1 amide bonds. The molecular weight excluding hydrogens is 352 g/mol. The van der Waals surface area contributed by atoms with E-state index in [0.717, 1.165) is 27.9 Å². The highest BCUT2D eigenvalue weighted by molar-refractivity contribution is 8.00. The van der Waals surface area contributed by atoms with Crippen LogP contribution in [0.3, 0.4) is 0 Å². The van der Waals surface area contributed by atoms with Crippen LogP contribution in [0.1, 0.15) is 32.8 Å². The fourth-order valence-corrected chi connectivity index (χ4v) is 3.77. The molecule has 26 heavy (non-hydrogen) atoms. The van der Waals surface area contributed by atoms with E-state index in [-0.39, 0.29) is 17.2 Å². The van der Waals surface area contributed by atoms with Crippen molar-refractivity contribution < 1.29 is 4.79 Å². The van der Waals surface area contributed by atoms with E-state index in [1.165, 1.54) is 23.4 Å². The number of carbonyl (C=O) groups excluding carboxylic acids is 1. The molecule has 0 aliphatic carbocycles. The van der Waals surface area contributed by atoms with Gasteiger partial charge in [0, 0.05) is 31.7 Å². The van der Waals surface area contributed by atoms with Crippen molar-refractivity contribution in [2.24, 2.45) is 20.0 Å². The molecule has 1 N–H and O–H groups in total. The molecule has 2 aromatic heterocycles. The van der Waals surface area contributed by atoms with Crippen molar-refractivity contribution in [1.82, 2.24) is 19.4 Å². The molecular formula is C18H26N4O3S. The maximum atomic E-state index is 12.8. The number of thioether (sulfide) groups is 1. The first-order valence-corrected chi connectivity index (χ1v) is 9.73. The molecule has 2 heterocycles. The zero-order valence-corrected chi connectivity index (χ0v) is 16.8. The molecule has 0 radical (unpaired) electrons. The second-order valence-electron chi connectivity index (χ2n) is 6.75. The van der Waals surface area contributed by atoms with Crippen LogP contribution in [0.2, 0.25) is 0 Å². The number of carbonyl (C=O) groups is 1. The summed E-state index contributed by atoms with van der Waals surface area (Å²) in [5.41, 5.74) is 0.486. The van der Waals surface area contributed by atoms with Crippen molar-refractivity contribution >= 4 is 28.7 Å². The van der Waals surface area contributed by atoms with Crippen molar-refractivity contribution in [3.63, 3.8) is 0 Å². The Morgan fingerprint density at radius 3 is 2.58 bits per heavy atom. The van der Waals surface area contributed by atoms with Gasteiger partial charge in [0.05, 0.1) is 11.1 Å². The van der Waals surface area contributed by atoms with Crippen LogP contribution in [0.15, 0.2) is 20.7 Å². The van der Waals surface area contributed by atoms with E-state index >= 15 is 0 Å². The van der Waals surface area contributed by atoms with E-state index in [4.69, 9.17) is 0 Å². The van der Waals surface area contributed by atoms with Crippen molar-refractivity contribution in [2.45, 2.75) is 38.5 Å². The summed E-state index contributed by atoms with van der Waals surface area (Å²) >= 11 is 1.33. The zero-order valence-electron chi connectivity index (χ0n) is 16.0. The Kier molecular flexibility index (Phi) is 6.63. The summed E-state index contributed by atoms with van der Waals surface area (Å²) in [5.74, 6) is 0.522. The van der Waals surface area contributed by atoms with Gasteiger partial charge in [0.15, 0.2) is 0 Å². The van der Waals surface area contributed by atoms with E-state index in [1.807, 2.05) is 6.92 Å². The van der Waals surface area contributed by atoms with Gasteiger partial charge in [-0.25, -0.2) is 9.78 Å². The van der Waals surface area contributed by atoms with Gasteiger partial charge < -0.3 is 5.32 Å². The lowest BCUT2D eigenvalue weighted by Gasteiger charge is -2.15. The summed E-state index contributed by atoms with van der Waals surface area (Å²) < 4.78 is 2.46. The van der Waals surface area contributed by atoms with E-state index in [9.17, 15) is 14.4 Å². The molecule has 0 aromatic carbocycles. The maximum Gasteiger partial charge on any atom is 0.332 e. The topological polar surface area (TPSA) is 86.0 Å². The van der Waals surface area contributed by atoms with Crippen molar-refractivity contribution in [1.29, 1.82) is 0 Å². The normalized spacial score (nSPS) is 11.3. The Hall–Kier alpha value is -2.09. The summed E-state index contributed by atoms with van der Waals surface area (Å²) in [5, 5.41) is 3.25. The van der Waals surface area contributed by atoms with Gasteiger partial charge in [0.1, 0.15) is 5.65 Å². The number of nitrogens with zero attached hydrogens (tertiary/aromatic N) is 3. The molecule has 0 spiro atoms. The predicted molar refractivity (Wildman–Crippen MR) is 105 cm³/mol. The Morgan fingerprint density at radius 1 is 1.27 bits per heavy atom. The van der Waals surface area contributed by atoms with E-state index in [1.54, 1.807) is 13.2 Å². The zero-order chi connectivity index (χ0) is 19.4. The van der Waals surface area contributed by atoms with Gasteiger partial charge in [-0.15, -0.1) is 11.8 Å². The average Bonchev–Trinajstić information content (AvgIpc) is 2.60. The summed E-state index contributed by atoms with van der Waals surface area (Å²) in [7, 11) is 3.06. The minimum absolute atomic E-state index is 0.0704. The van der Waals surface area contributed by atoms with Crippen molar-refractivity contribution in [3.8, 4) is 0 Å². The first-order valence-electron chi connectivity index (χ1n) is 8.75. The van der Waals surface area contributed by atoms with Gasteiger partial charge in [-0.2, -0.15) is 0 Å². The third-order valence-electron chi connectivity index (χ3n) is 4.04. The average molecular weight is 378 g/mol. The van der Waals surface area contributed by atoms with Crippen molar-refractivity contribution in [3.05, 3.63) is 32.6 Å². The molecule has 7 nitrogen and oxygen atoms in total. The lowest BCUT2D eigenvalue weighted by molar-refractivity contribution is -0.118. The molecule has 0 saturated heterocycles. The minimum atomic E-state index is -0.414. The number of hydrogen-bond donors (Lipinski definition) is 1. The number of nitrogens with one attached hydrogen (secondary N) is 1. The fourth-order valence-electron chi connectivity index (χ4n) is 2.74. The standard InChI is InChI=1S/C18H26N4O3S/c1-6-7-19-13(23)10-26-15-12(8-11(2)3)9-20-16-14(15)17(24)22(5)18(25)21(16)4/h9,11H,6-8,10H2,1-5H3,(H,19,23). The molecule has 0 bridgehead atoms. The van der Waals surface area contributed by atoms with Gasteiger partial charge in [0.2, 0.25) is 5.91 Å². The van der Waals surface area contributed by atoms with Crippen molar-refractivity contribution in [2.75, 3.05) is 12.3 Å². The predicted octanol–water partition coefficient (Wildman–Crippen LogP) is 1.45. The number of aromatic nitrogens is 3. The molecule has 0 fully saturated rings. The molecule has 2 aromatic rings. The molecule has 0 aliphatic heterocycles. The molecule has 0 unspecified atom stereocenters. The smallest absolute Gasteiger partial charge is 0.332 e. The Balaban J connectivity index is 2.60. The Bertz CT molecular complexity index is 931. The highest BCUT2D eigenvalue weighted by Crippen LogP contribution is 2.29. The van der Waals surface area contributed by atoms with E-state index in [2.05, 4.69) is 24.1 Å². The third kappa shape index (κ3) is 4.17. The second-order valence-corrected chi connectivity index (χ2v) is 7.74. The number of rotatable bonds is 7. The lowest BCUT2D eigenvalue weighted by Crippen LogP contribution is -2.37. The molecule has 8 heteroatoms.